The Bertz CT molecular complexity index is 827. The van der Waals surface area contributed by atoms with Gasteiger partial charge in [-0.05, 0) is 0 Å². The number of rotatable bonds is 4. The van der Waals surface area contributed by atoms with Crippen molar-refractivity contribution in [1.29, 1.82) is 0 Å². The molecular weight excluding hydrogens is 272 g/mol. The van der Waals surface area contributed by atoms with Crippen molar-refractivity contribution >= 4 is 5.78 Å². The van der Waals surface area contributed by atoms with E-state index in [9.17, 15) is 4.79 Å². The van der Waals surface area contributed by atoms with Gasteiger partial charge in [0.05, 0.1) is 12.2 Å². The summed E-state index contributed by atoms with van der Waals surface area (Å²) in [6, 6.07) is 18.8. The number of nitrogens with zero attached hydrogens (tertiary/aromatic N) is 2. The zero-order chi connectivity index (χ0) is 15.4. The number of carbonyl (C=O) groups is 1. The van der Waals surface area contributed by atoms with Gasteiger partial charge < -0.3 is 4.57 Å². The number of ketones is 1. The van der Waals surface area contributed by atoms with Crippen LogP contribution in [0.4, 0.5) is 0 Å². The van der Waals surface area contributed by atoms with Crippen LogP contribution in [0, 0.1) is 12.3 Å². The van der Waals surface area contributed by atoms with Crippen LogP contribution in [-0.4, -0.2) is 15.3 Å². The Hall–Kier alpha value is -3.12. The van der Waals surface area contributed by atoms with E-state index in [2.05, 4.69) is 10.9 Å². The highest BCUT2D eigenvalue weighted by molar-refractivity contribution is 6.07. The average molecular weight is 286 g/mol. The van der Waals surface area contributed by atoms with Gasteiger partial charge >= 0.3 is 0 Å². The molecule has 22 heavy (non-hydrogen) atoms. The molecule has 0 saturated heterocycles. The zero-order valence-corrected chi connectivity index (χ0v) is 11.9. The van der Waals surface area contributed by atoms with Gasteiger partial charge in [0.1, 0.15) is 0 Å². The minimum Gasteiger partial charge on any atom is -0.316 e. The largest absolute Gasteiger partial charge is 0.316 e. The molecule has 0 aliphatic rings. The minimum absolute atomic E-state index is 0.127. The molecule has 2 aromatic carbocycles. The van der Waals surface area contributed by atoms with E-state index >= 15 is 0 Å². The molecule has 0 aliphatic carbocycles. The molecule has 0 bridgehead atoms. The maximum atomic E-state index is 12.6. The molecule has 0 N–H and O–H groups in total. The van der Waals surface area contributed by atoms with Crippen LogP contribution in [0.25, 0.3) is 11.3 Å². The molecule has 0 spiro atoms. The number of terminal acetylenes is 1. The van der Waals surface area contributed by atoms with Crippen LogP contribution in [0.5, 0.6) is 0 Å². The minimum atomic E-state index is -0.127. The van der Waals surface area contributed by atoms with Crippen LogP contribution in [0.1, 0.15) is 16.2 Å². The molecule has 0 amide bonds. The fraction of sp³-hybridized carbons (Fsp3) is 0.0526. The number of aromatic nitrogens is 2. The monoisotopic (exact) mass is 286 g/mol. The Kier molecular flexibility index (Phi) is 3.84. The Morgan fingerprint density at radius 1 is 1.05 bits per heavy atom. The van der Waals surface area contributed by atoms with E-state index in [4.69, 9.17) is 6.42 Å². The molecule has 0 radical (unpaired) electrons. The zero-order valence-electron chi connectivity index (χ0n) is 11.9. The molecule has 3 aromatic rings. The van der Waals surface area contributed by atoms with Gasteiger partial charge in [0.25, 0.3) is 0 Å². The molecule has 106 valence electrons. The van der Waals surface area contributed by atoms with Crippen molar-refractivity contribution in [2.75, 3.05) is 0 Å². The van der Waals surface area contributed by atoms with Gasteiger partial charge in [-0.3, -0.25) is 4.79 Å². The Morgan fingerprint density at radius 2 is 1.68 bits per heavy atom. The Balaban J connectivity index is 2.05. The lowest BCUT2D eigenvalue weighted by atomic mass is 10.1. The molecular formula is C19H14N2O. The second-order valence-corrected chi connectivity index (χ2v) is 4.84. The highest BCUT2D eigenvalue weighted by Crippen LogP contribution is 2.20. The summed E-state index contributed by atoms with van der Waals surface area (Å²) in [4.78, 5) is 17.1. The first-order chi connectivity index (χ1) is 10.8. The number of benzene rings is 2. The maximum absolute atomic E-state index is 12.6. The van der Waals surface area contributed by atoms with E-state index in [-0.39, 0.29) is 5.78 Å². The number of hydrogen-bond donors (Lipinski definition) is 0. The number of carbonyl (C=O) groups excluding carboxylic acids is 1. The molecule has 0 saturated carbocycles. The van der Waals surface area contributed by atoms with Gasteiger partial charge in [-0.1, -0.05) is 66.6 Å². The lowest BCUT2D eigenvalue weighted by Crippen LogP contribution is -2.10. The normalized spacial score (nSPS) is 10.1. The lowest BCUT2D eigenvalue weighted by molar-refractivity contribution is 0.102. The van der Waals surface area contributed by atoms with Crippen LogP contribution in [-0.2, 0) is 6.54 Å². The summed E-state index contributed by atoms with van der Waals surface area (Å²) < 4.78 is 1.72. The van der Waals surface area contributed by atoms with Crippen molar-refractivity contribution in [2.24, 2.45) is 0 Å². The fourth-order valence-electron chi connectivity index (χ4n) is 2.28. The van der Waals surface area contributed by atoms with E-state index in [1.165, 1.54) is 0 Å². The maximum Gasteiger partial charge on any atom is 0.228 e. The highest BCUT2D eigenvalue weighted by atomic mass is 16.1. The van der Waals surface area contributed by atoms with Crippen LogP contribution < -0.4 is 0 Å². The molecule has 0 unspecified atom stereocenters. The summed E-state index contributed by atoms with van der Waals surface area (Å²) in [5.74, 6) is 2.80. The van der Waals surface area contributed by atoms with Gasteiger partial charge in [-0.2, -0.15) is 0 Å². The van der Waals surface area contributed by atoms with E-state index < -0.39 is 0 Å². The standard InChI is InChI=1S/C19H14N2O/c1-2-13-21-14-17(15-9-5-3-6-10-15)20-19(21)18(22)16-11-7-4-8-12-16/h1,3-12,14H,13H2. The first-order valence-electron chi connectivity index (χ1n) is 6.95. The first-order valence-corrected chi connectivity index (χ1v) is 6.95. The molecule has 0 fully saturated rings. The topological polar surface area (TPSA) is 34.9 Å². The summed E-state index contributed by atoms with van der Waals surface area (Å²) in [5.41, 5.74) is 2.31. The van der Waals surface area contributed by atoms with Crippen molar-refractivity contribution in [1.82, 2.24) is 9.55 Å². The predicted octanol–water partition coefficient (Wildman–Crippen LogP) is 3.41. The van der Waals surface area contributed by atoms with E-state index in [1.807, 2.05) is 54.7 Å². The quantitative estimate of drug-likeness (QED) is 0.544. The summed E-state index contributed by atoms with van der Waals surface area (Å²) in [6.07, 6.45) is 7.23. The van der Waals surface area contributed by atoms with Gasteiger partial charge in [0.2, 0.25) is 5.78 Å². The third-order valence-corrected chi connectivity index (χ3v) is 3.35. The molecule has 3 heteroatoms. The molecule has 0 atom stereocenters. The van der Waals surface area contributed by atoms with Gasteiger partial charge in [0, 0.05) is 17.3 Å². The predicted molar refractivity (Wildman–Crippen MR) is 86.4 cm³/mol. The van der Waals surface area contributed by atoms with Crippen molar-refractivity contribution in [3.63, 3.8) is 0 Å². The summed E-state index contributed by atoms with van der Waals surface area (Å²) in [7, 11) is 0. The summed E-state index contributed by atoms with van der Waals surface area (Å²) in [5, 5.41) is 0. The van der Waals surface area contributed by atoms with E-state index in [0.29, 0.717) is 17.9 Å². The van der Waals surface area contributed by atoms with Crippen LogP contribution in [0.15, 0.2) is 66.9 Å². The second-order valence-electron chi connectivity index (χ2n) is 4.84. The summed E-state index contributed by atoms with van der Waals surface area (Å²) >= 11 is 0. The summed E-state index contributed by atoms with van der Waals surface area (Å²) in [6.45, 7) is 0.313. The van der Waals surface area contributed by atoms with Gasteiger partial charge in [-0.25, -0.2) is 4.98 Å². The third kappa shape index (κ3) is 2.68. The smallest absolute Gasteiger partial charge is 0.228 e. The van der Waals surface area contributed by atoms with Crippen molar-refractivity contribution in [3.8, 4) is 23.6 Å². The molecule has 1 heterocycles. The molecule has 1 aromatic heterocycles. The Morgan fingerprint density at radius 3 is 2.32 bits per heavy atom. The lowest BCUT2D eigenvalue weighted by Gasteiger charge is -2.02. The molecule has 3 nitrogen and oxygen atoms in total. The van der Waals surface area contributed by atoms with Crippen molar-refractivity contribution < 1.29 is 4.79 Å². The average Bonchev–Trinajstić information content (AvgIpc) is 3.00. The fourth-order valence-corrected chi connectivity index (χ4v) is 2.28. The molecule has 0 aliphatic heterocycles. The van der Waals surface area contributed by atoms with E-state index in [0.717, 1.165) is 11.3 Å². The van der Waals surface area contributed by atoms with Crippen molar-refractivity contribution in [3.05, 3.63) is 78.2 Å². The van der Waals surface area contributed by atoms with Crippen LogP contribution in [0.2, 0.25) is 0 Å². The first kappa shape index (κ1) is 13.8. The van der Waals surface area contributed by atoms with Crippen molar-refractivity contribution in [2.45, 2.75) is 6.54 Å². The number of hydrogen-bond acceptors (Lipinski definition) is 2. The SMILES string of the molecule is C#CCn1cc(-c2ccccc2)nc1C(=O)c1ccccc1. The number of imidazole rings is 1. The highest BCUT2D eigenvalue weighted by Gasteiger charge is 2.17. The Labute approximate surface area is 129 Å². The van der Waals surface area contributed by atoms with Crippen LogP contribution >= 0.6 is 0 Å². The third-order valence-electron chi connectivity index (χ3n) is 3.35. The molecule has 3 rings (SSSR count). The van der Waals surface area contributed by atoms with E-state index in [1.54, 1.807) is 16.7 Å². The van der Waals surface area contributed by atoms with Gasteiger partial charge in [0.15, 0.2) is 5.82 Å². The van der Waals surface area contributed by atoms with Crippen LogP contribution in [0.3, 0.4) is 0 Å². The second kappa shape index (κ2) is 6.11. The van der Waals surface area contributed by atoms with Gasteiger partial charge in [-0.15, -0.1) is 6.42 Å².